The quantitative estimate of drug-likeness (QED) is 0.701. The zero-order chi connectivity index (χ0) is 19.2. The van der Waals surface area contributed by atoms with E-state index >= 15 is 0 Å². The maximum atomic E-state index is 13.1. The van der Waals surface area contributed by atoms with Crippen molar-refractivity contribution in [1.82, 2.24) is 4.90 Å². The van der Waals surface area contributed by atoms with Crippen molar-refractivity contribution in [2.75, 3.05) is 34.0 Å². The van der Waals surface area contributed by atoms with Crippen molar-refractivity contribution in [3.63, 3.8) is 0 Å². The molecule has 6 heteroatoms. The van der Waals surface area contributed by atoms with E-state index in [1.54, 1.807) is 37.3 Å². The van der Waals surface area contributed by atoms with Gasteiger partial charge >= 0.3 is 0 Å². The summed E-state index contributed by atoms with van der Waals surface area (Å²) in [6.07, 6.45) is 1.71. The van der Waals surface area contributed by atoms with Crippen LogP contribution in [0.15, 0.2) is 49.1 Å². The van der Waals surface area contributed by atoms with Gasteiger partial charge in [-0.15, -0.1) is 6.58 Å². The van der Waals surface area contributed by atoms with Gasteiger partial charge in [0.25, 0.3) is 5.91 Å². The molecule has 1 aliphatic heterocycles. The summed E-state index contributed by atoms with van der Waals surface area (Å²) in [5.41, 5.74) is 1.47. The Morgan fingerprint density at radius 1 is 1.15 bits per heavy atom. The van der Waals surface area contributed by atoms with Gasteiger partial charge in [-0.05, 0) is 29.8 Å². The molecule has 0 aliphatic carbocycles. The fourth-order valence-corrected chi connectivity index (χ4v) is 2.91. The van der Waals surface area contributed by atoms with E-state index in [-0.39, 0.29) is 5.91 Å². The number of hydrogen-bond donors (Lipinski definition) is 0. The van der Waals surface area contributed by atoms with Crippen molar-refractivity contribution >= 4 is 5.91 Å². The second kappa shape index (κ2) is 8.49. The Kier molecular flexibility index (Phi) is 5.86. The van der Waals surface area contributed by atoms with E-state index < -0.39 is 0 Å². The minimum atomic E-state index is -0.138. The lowest BCUT2D eigenvalue weighted by molar-refractivity contribution is 0.0761. The third-order valence-corrected chi connectivity index (χ3v) is 4.24. The molecule has 1 aliphatic rings. The van der Waals surface area contributed by atoms with Crippen LogP contribution in [0.5, 0.6) is 23.0 Å². The Morgan fingerprint density at radius 3 is 2.56 bits per heavy atom. The first-order valence-corrected chi connectivity index (χ1v) is 8.67. The minimum absolute atomic E-state index is 0.138. The third-order valence-electron chi connectivity index (χ3n) is 4.24. The molecule has 0 radical (unpaired) electrons. The average molecular weight is 369 g/mol. The summed E-state index contributed by atoms with van der Waals surface area (Å²) < 4.78 is 21.8. The van der Waals surface area contributed by atoms with E-state index in [2.05, 4.69) is 6.58 Å². The van der Waals surface area contributed by atoms with Crippen LogP contribution >= 0.6 is 0 Å². The number of carbonyl (C=O) groups is 1. The predicted octanol–water partition coefficient (Wildman–Crippen LogP) is 3.30. The van der Waals surface area contributed by atoms with Crippen LogP contribution in [0.3, 0.4) is 0 Å². The van der Waals surface area contributed by atoms with Gasteiger partial charge in [-0.2, -0.15) is 0 Å². The number of benzene rings is 2. The van der Waals surface area contributed by atoms with Gasteiger partial charge in [0.15, 0.2) is 11.5 Å². The lowest BCUT2D eigenvalue weighted by atomic mass is 10.1. The first-order chi connectivity index (χ1) is 13.2. The van der Waals surface area contributed by atoms with E-state index in [0.717, 1.165) is 11.3 Å². The molecule has 3 rings (SSSR count). The Morgan fingerprint density at radius 2 is 1.89 bits per heavy atom. The lowest BCUT2D eigenvalue weighted by Gasteiger charge is -2.24. The fraction of sp³-hybridized carbons (Fsp3) is 0.286. The molecule has 0 spiro atoms. The summed E-state index contributed by atoms with van der Waals surface area (Å²) in [5.74, 6) is 2.18. The zero-order valence-electron chi connectivity index (χ0n) is 15.6. The topological polar surface area (TPSA) is 57.2 Å². The molecule has 2 aromatic rings. The Bertz CT molecular complexity index is 799. The number of rotatable bonds is 7. The maximum Gasteiger partial charge on any atom is 0.254 e. The standard InChI is InChI=1S/C21H23NO5/c1-4-9-22(14-15-5-7-17(24-2)8-6-15)21(23)16-12-18(25-3)20-19(13-16)26-10-11-27-20/h4-8,12-13H,1,9-11,14H2,2-3H3. The number of amides is 1. The molecule has 6 nitrogen and oxygen atoms in total. The van der Waals surface area contributed by atoms with Crippen molar-refractivity contribution in [3.8, 4) is 23.0 Å². The minimum Gasteiger partial charge on any atom is -0.497 e. The first kappa shape index (κ1) is 18.6. The van der Waals surface area contributed by atoms with E-state index in [0.29, 0.717) is 49.1 Å². The van der Waals surface area contributed by atoms with Crippen molar-refractivity contribution in [2.45, 2.75) is 6.54 Å². The maximum absolute atomic E-state index is 13.1. The molecule has 0 fully saturated rings. The lowest BCUT2D eigenvalue weighted by Crippen LogP contribution is -2.31. The Labute approximate surface area is 158 Å². The molecule has 1 amide bonds. The molecule has 142 valence electrons. The number of nitrogens with zero attached hydrogens (tertiary/aromatic N) is 1. The fourth-order valence-electron chi connectivity index (χ4n) is 2.91. The molecule has 0 saturated heterocycles. The van der Waals surface area contributed by atoms with Crippen LogP contribution in [-0.4, -0.2) is 44.8 Å². The molecule has 0 bridgehead atoms. The van der Waals surface area contributed by atoms with Gasteiger partial charge in [0.05, 0.1) is 14.2 Å². The van der Waals surface area contributed by atoms with Crippen molar-refractivity contribution in [3.05, 3.63) is 60.2 Å². The molecule has 27 heavy (non-hydrogen) atoms. The van der Waals surface area contributed by atoms with Gasteiger partial charge in [0.1, 0.15) is 19.0 Å². The van der Waals surface area contributed by atoms with E-state index in [4.69, 9.17) is 18.9 Å². The SMILES string of the molecule is C=CCN(Cc1ccc(OC)cc1)C(=O)c1cc(OC)c2c(c1)OCCO2. The van der Waals surface area contributed by atoms with Crippen LogP contribution in [0.1, 0.15) is 15.9 Å². The van der Waals surface area contributed by atoms with Crippen LogP contribution in [0.2, 0.25) is 0 Å². The number of carbonyl (C=O) groups excluding carboxylic acids is 1. The van der Waals surface area contributed by atoms with Crippen molar-refractivity contribution in [2.24, 2.45) is 0 Å². The molecule has 0 aromatic heterocycles. The van der Waals surface area contributed by atoms with Gasteiger partial charge in [-0.1, -0.05) is 18.2 Å². The summed E-state index contributed by atoms with van der Waals surface area (Å²) in [4.78, 5) is 14.8. The highest BCUT2D eigenvalue weighted by molar-refractivity contribution is 5.95. The molecular formula is C21H23NO5. The number of fused-ring (bicyclic) bond motifs is 1. The summed E-state index contributed by atoms with van der Waals surface area (Å²) in [5, 5.41) is 0. The Balaban J connectivity index is 1.86. The summed E-state index contributed by atoms with van der Waals surface area (Å²) in [6, 6.07) is 11.0. The number of hydrogen-bond acceptors (Lipinski definition) is 5. The van der Waals surface area contributed by atoms with E-state index in [9.17, 15) is 4.79 Å². The van der Waals surface area contributed by atoms with Crippen molar-refractivity contribution < 1.29 is 23.7 Å². The molecule has 0 N–H and O–H groups in total. The third kappa shape index (κ3) is 4.16. The van der Waals surface area contributed by atoms with Crippen LogP contribution in [-0.2, 0) is 6.54 Å². The summed E-state index contributed by atoms with van der Waals surface area (Å²) >= 11 is 0. The van der Waals surface area contributed by atoms with Crippen molar-refractivity contribution in [1.29, 1.82) is 0 Å². The summed E-state index contributed by atoms with van der Waals surface area (Å²) in [7, 11) is 3.17. The average Bonchev–Trinajstić information content (AvgIpc) is 2.72. The smallest absolute Gasteiger partial charge is 0.254 e. The van der Waals surface area contributed by atoms with Gasteiger partial charge < -0.3 is 23.8 Å². The highest BCUT2D eigenvalue weighted by Gasteiger charge is 2.23. The zero-order valence-corrected chi connectivity index (χ0v) is 15.6. The molecule has 1 heterocycles. The second-order valence-corrected chi connectivity index (χ2v) is 6.03. The van der Waals surface area contributed by atoms with Gasteiger partial charge in [-0.25, -0.2) is 0 Å². The molecular weight excluding hydrogens is 346 g/mol. The highest BCUT2D eigenvalue weighted by Crippen LogP contribution is 2.40. The second-order valence-electron chi connectivity index (χ2n) is 6.03. The summed E-state index contributed by atoms with van der Waals surface area (Å²) in [6.45, 7) is 5.53. The highest BCUT2D eigenvalue weighted by atomic mass is 16.6. The first-order valence-electron chi connectivity index (χ1n) is 8.67. The number of methoxy groups -OCH3 is 2. The van der Waals surface area contributed by atoms with Gasteiger partial charge in [0.2, 0.25) is 5.75 Å². The van der Waals surface area contributed by atoms with Crippen LogP contribution in [0.4, 0.5) is 0 Å². The van der Waals surface area contributed by atoms with Crippen LogP contribution in [0, 0.1) is 0 Å². The number of ether oxygens (including phenoxy) is 4. The molecule has 2 aromatic carbocycles. The van der Waals surface area contributed by atoms with Crippen LogP contribution in [0.25, 0.3) is 0 Å². The molecule has 0 atom stereocenters. The van der Waals surface area contributed by atoms with Gasteiger partial charge in [0, 0.05) is 18.7 Å². The normalized spacial score (nSPS) is 12.2. The van der Waals surface area contributed by atoms with Gasteiger partial charge in [-0.3, -0.25) is 4.79 Å². The van der Waals surface area contributed by atoms with Crippen LogP contribution < -0.4 is 18.9 Å². The molecule has 0 saturated carbocycles. The predicted molar refractivity (Wildman–Crippen MR) is 102 cm³/mol. The largest absolute Gasteiger partial charge is 0.497 e. The van der Waals surface area contributed by atoms with E-state index in [1.807, 2.05) is 24.3 Å². The van der Waals surface area contributed by atoms with E-state index in [1.165, 1.54) is 0 Å². The molecule has 0 unspecified atom stereocenters. The Hall–Kier alpha value is -3.15. The monoisotopic (exact) mass is 369 g/mol.